The van der Waals surface area contributed by atoms with Gasteiger partial charge >= 0.3 is 0 Å². The third-order valence-corrected chi connectivity index (χ3v) is 4.63. The van der Waals surface area contributed by atoms with E-state index in [0.29, 0.717) is 0 Å². The molecule has 2 aromatic rings. The minimum atomic E-state index is 0.00668. The van der Waals surface area contributed by atoms with Crippen molar-refractivity contribution in [3.05, 3.63) is 51.8 Å². The number of rotatable bonds is 2. The van der Waals surface area contributed by atoms with Gasteiger partial charge in [-0.25, -0.2) is 15.0 Å². The first-order chi connectivity index (χ1) is 10.4. The fourth-order valence-corrected chi connectivity index (χ4v) is 3.02. The summed E-state index contributed by atoms with van der Waals surface area (Å²) >= 11 is 3.52. The molecule has 4 nitrogen and oxygen atoms in total. The second-order valence-electron chi connectivity index (χ2n) is 6.83. The highest BCUT2D eigenvalue weighted by atomic mass is 79.9. The van der Waals surface area contributed by atoms with Gasteiger partial charge in [-0.3, -0.25) is 4.90 Å². The van der Waals surface area contributed by atoms with E-state index in [1.54, 1.807) is 6.20 Å². The Morgan fingerprint density at radius 1 is 1.27 bits per heavy atom. The third-order valence-electron chi connectivity index (χ3n) is 3.91. The molecule has 0 saturated carbocycles. The summed E-state index contributed by atoms with van der Waals surface area (Å²) in [5, 5.41) is 0. The topological polar surface area (TPSA) is 41.9 Å². The highest BCUT2D eigenvalue weighted by Gasteiger charge is 2.23. The van der Waals surface area contributed by atoms with Crippen molar-refractivity contribution < 1.29 is 0 Å². The monoisotopic (exact) mass is 360 g/mol. The molecule has 0 amide bonds. The zero-order valence-electron chi connectivity index (χ0n) is 13.3. The van der Waals surface area contributed by atoms with Gasteiger partial charge in [-0.05, 0) is 27.6 Å². The van der Waals surface area contributed by atoms with Crippen LogP contribution in [0, 0.1) is 0 Å². The van der Waals surface area contributed by atoms with E-state index >= 15 is 0 Å². The lowest BCUT2D eigenvalue weighted by Crippen LogP contribution is -2.32. The van der Waals surface area contributed by atoms with Crippen molar-refractivity contribution in [3.63, 3.8) is 0 Å². The highest BCUT2D eigenvalue weighted by molar-refractivity contribution is 9.10. The molecule has 5 heteroatoms. The summed E-state index contributed by atoms with van der Waals surface area (Å²) in [5.41, 5.74) is 3.69. The molecule has 116 valence electrons. The number of fused-ring (bicyclic) bond motifs is 1. The van der Waals surface area contributed by atoms with Crippen LogP contribution in [0.4, 0.5) is 0 Å². The van der Waals surface area contributed by atoms with Crippen molar-refractivity contribution in [2.45, 2.75) is 45.7 Å². The lowest BCUT2D eigenvalue weighted by Gasteiger charge is -2.29. The van der Waals surface area contributed by atoms with Crippen molar-refractivity contribution in [3.8, 4) is 0 Å². The van der Waals surface area contributed by atoms with Crippen LogP contribution < -0.4 is 0 Å². The van der Waals surface area contributed by atoms with Gasteiger partial charge in [0.25, 0.3) is 0 Å². The number of hydrogen-bond donors (Lipinski definition) is 0. The second-order valence-corrected chi connectivity index (χ2v) is 7.58. The number of hydrogen-bond acceptors (Lipinski definition) is 4. The number of aromatic nitrogens is 3. The molecule has 0 radical (unpaired) electrons. The summed E-state index contributed by atoms with van der Waals surface area (Å²) < 4.78 is 0.931. The van der Waals surface area contributed by atoms with E-state index in [0.717, 1.165) is 36.5 Å². The number of halogens is 1. The third kappa shape index (κ3) is 3.36. The van der Waals surface area contributed by atoms with E-state index in [1.165, 1.54) is 16.8 Å². The zero-order chi connectivity index (χ0) is 15.7. The first-order valence-corrected chi connectivity index (χ1v) is 8.40. The van der Waals surface area contributed by atoms with Gasteiger partial charge in [0.1, 0.15) is 10.4 Å². The SMILES string of the molecule is CC(C)(C)c1ncc2c(n1)CCN(Cc1cccnc1Br)C2. The zero-order valence-corrected chi connectivity index (χ0v) is 14.9. The molecule has 0 atom stereocenters. The van der Waals surface area contributed by atoms with Crippen LogP contribution >= 0.6 is 15.9 Å². The Labute approximate surface area is 140 Å². The Morgan fingerprint density at radius 2 is 2.09 bits per heavy atom. The first kappa shape index (κ1) is 15.6. The maximum Gasteiger partial charge on any atom is 0.133 e. The van der Waals surface area contributed by atoms with Gasteiger partial charge in [0, 0.05) is 55.1 Å². The molecule has 0 N–H and O–H groups in total. The normalized spacial score (nSPS) is 15.6. The summed E-state index contributed by atoms with van der Waals surface area (Å²) in [4.78, 5) is 16.1. The first-order valence-electron chi connectivity index (χ1n) is 7.60. The molecule has 1 aliphatic rings. The van der Waals surface area contributed by atoms with Crippen LogP contribution in [-0.4, -0.2) is 26.4 Å². The quantitative estimate of drug-likeness (QED) is 0.768. The molecule has 0 aliphatic carbocycles. The highest BCUT2D eigenvalue weighted by Crippen LogP contribution is 2.24. The average Bonchev–Trinajstić information content (AvgIpc) is 2.48. The molecule has 0 spiro atoms. The van der Waals surface area contributed by atoms with Gasteiger partial charge in [0.2, 0.25) is 0 Å². The lowest BCUT2D eigenvalue weighted by atomic mass is 9.95. The van der Waals surface area contributed by atoms with Crippen LogP contribution in [-0.2, 0) is 24.9 Å². The molecule has 2 aromatic heterocycles. The van der Waals surface area contributed by atoms with Crippen molar-refractivity contribution in [1.29, 1.82) is 0 Å². The van der Waals surface area contributed by atoms with Gasteiger partial charge in [0.05, 0.1) is 0 Å². The standard InChI is InChI=1S/C17H21BrN4/c1-17(2,3)16-20-9-13-11-22(8-6-14(13)21-16)10-12-5-4-7-19-15(12)18/h4-5,7,9H,6,8,10-11H2,1-3H3. The van der Waals surface area contributed by atoms with Crippen LogP contribution in [0.5, 0.6) is 0 Å². The summed E-state index contributed by atoms with van der Waals surface area (Å²) in [5.74, 6) is 0.940. The van der Waals surface area contributed by atoms with E-state index in [9.17, 15) is 0 Å². The van der Waals surface area contributed by atoms with Crippen LogP contribution in [0.1, 0.15) is 43.4 Å². The predicted octanol–water partition coefficient (Wildman–Crippen LogP) is 3.49. The molecule has 3 rings (SSSR count). The molecule has 1 aliphatic heterocycles. The molecule has 0 aromatic carbocycles. The smallest absolute Gasteiger partial charge is 0.133 e. The van der Waals surface area contributed by atoms with Crippen LogP contribution in [0.2, 0.25) is 0 Å². The Hall–Kier alpha value is -1.33. The predicted molar refractivity (Wildman–Crippen MR) is 90.5 cm³/mol. The maximum atomic E-state index is 4.78. The second kappa shape index (κ2) is 6.05. The van der Waals surface area contributed by atoms with Gasteiger partial charge in [-0.1, -0.05) is 26.8 Å². The molecule has 3 heterocycles. The van der Waals surface area contributed by atoms with Crippen molar-refractivity contribution in [2.75, 3.05) is 6.54 Å². The molecular formula is C17H21BrN4. The van der Waals surface area contributed by atoms with Gasteiger partial charge in [-0.15, -0.1) is 0 Å². The average molecular weight is 361 g/mol. The van der Waals surface area contributed by atoms with E-state index in [4.69, 9.17) is 4.98 Å². The Balaban J connectivity index is 1.76. The fourth-order valence-electron chi connectivity index (χ4n) is 2.65. The lowest BCUT2D eigenvalue weighted by molar-refractivity contribution is 0.241. The fraction of sp³-hybridized carbons (Fsp3) is 0.471. The molecule has 0 unspecified atom stereocenters. The number of pyridine rings is 1. The van der Waals surface area contributed by atoms with E-state index in [2.05, 4.69) is 57.6 Å². The van der Waals surface area contributed by atoms with Gasteiger partial charge < -0.3 is 0 Å². The maximum absolute atomic E-state index is 4.78. The summed E-state index contributed by atoms with van der Waals surface area (Å²) in [7, 11) is 0. The van der Waals surface area contributed by atoms with Gasteiger partial charge in [-0.2, -0.15) is 0 Å². The van der Waals surface area contributed by atoms with Crippen LogP contribution in [0.15, 0.2) is 29.1 Å². The molecular weight excluding hydrogens is 340 g/mol. The molecule has 0 bridgehead atoms. The van der Waals surface area contributed by atoms with Crippen molar-refractivity contribution in [2.24, 2.45) is 0 Å². The van der Waals surface area contributed by atoms with E-state index in [1.807, 2.05) is 12.3 Å². The summed E-state index contributed by atoms with van der Waals surface area (Å²) in [6.45, 7) is 9.29. The Bertz CT molecular complexity index is 679. The molecule has 0 fully saturated rings. The van der Waals surface area contributed by atoms with E-state index < -0.39 is 0 Å². The van der Waals surface area contributed by atoms with Crippen molar-refractivity contribution >= 4 is 15.9 Å². The summed E-state index contributed by atoms with van der Waals surface area (Å²) in [6, 6.07) is 4.10. The minimum absolute atomic E-state index is 0.00668. The Kier molecular flexibility index (Phi) is 4.28. The van der Waals surface area contributed by atoms with E-state index in [-0.39, 0.29) is 5.41 Å². The molecule has 22 heavy (non-hydrogen) atoms. The summed E-state index contributed by atoms with van der Waals surface area (Å²) in [6.07, 6.45) is 4.80. The molecule has 0 saturated heterocycles. The van der Waals surface area contributed by atoms with Crippen LogP contribution in [0.3, 0.4) is 0 Å². The van der Waals surface area contributed by atoms with Gasteiger partial charge in [0.15, 0.2) is 0 Å². The van der Waals surface area contributed by atoms with Crippen LogP contribution in [0.25, 0.3) is 0 Å². The van der Waals surface area contributed by atoms with Crippen molar-refractivity contribution in [1.82, 2.24) is 19.9 Å². The largest absolute Gasteiger partial charge is 0.294 e. The number of nitrogens with zero attached hydrogens (tertiary/aromatic N) is 4. The Morgan fingerprint density at radius 3 is 2.82 bits per heavy atom. The minimum Gasteiger partial charge on any atom is -0.294 e.